The lowest BCUT2D eigenvalue weighted by Crippen LogP contribution is -2.30. The third-order valence-corrected chi connectivity index (χ3v) is 3.22. The fraction of sp³-hybridized carbons (Fsp3) is 0.462. The molecule has 94 valence electrons. The van der Waals surface area contributed by atoms with Crippen LogP contribution in [0.2, 0.25) is 0 Å². The first kappa shape index (κ1) is 14.0. The van der Waals surface area contributed by atoms with Crippen LogP contribution in [0.15, 0.2) is 30.3 Å². The highest BCUT2D eigenvalue weighted by atomic mass is 35.5. The van der Waals surface area contributed by atoms with Crippen LogP contribution < -0.4 is 5.73 Å². The van der Waals surface area contributed by atoms with Crippen molar-refractivity contribution in [2.24, 2.45) is 11.7 Å². The van der Waals surface area contributed by atoms with E-state index in [9.17, 15) is 9.90 Å². The Bertz CT molecular complexity index is 365. The van der Waals surface area contributed by atoms with E-state index in [1.807, 2.05) is 18.2 Å². The normalized spacial score (nSPS) is 17.9. The Kier molecular flexibility index (Phi) is 4.97. The van der Waals surface area contributed by atoms with Crippen LogP contribution >= 0.6 is 12.4 Å². The van der Waals surface area contributed by atoms with Crippen molar-refractivity contribution in [1.29, 1.82) is 0 Å². The summed E-state index contributed by atoms with van der Waals surface area (Å²) in [6.07, 6.45) is 1.80. The van der Waals surface area contributed by atoms with Gasteiger partial charge in [0.2, 0.25) is 5.91 Å². The van der Waals surface area contributed by atoms with Crippen molar-refractivity contribution in [3.63, 3.8) is 0 Å². The maximum absolute atomic E-state index is 10.9. The third-order valence-electron chi connectivity index (χ3n) is 3.22. The van der Waals surface area contributed by atoms with Gasteiger partial charge in [-0.05, 0) is 36.7 Å². The number of primary amides is 1. The molecule has 0 aromatic heterocycles. The summed E-state index contributed by atoms with van der Waals surface area (Å²) in [6.45, 7) is 0. The first-order valence-corrected chi connectivity index (χ1v) is 5.71. The molecule has 0 radical (unpaired) electrons. The summed E-state index contributed by atoms with van der Waals surface area (Å²) in [5, 5.41) is 9.56. The Morgan fingerprint density at radius 2 is 1.94 bits per heavy atom. The Balaban J connectivity index is 0.00000144. The average molecular weight is 256 g/mol. The SMILES string of the molecule is Cl.NC(=O)C(O)CC(c1ccccc1)C1CC1. The molecule has 1 aromatic carbocycles. The topological polar surface area (TPSA) is 63.3 Å². The van der Waals surface area contributed by atoms with Gasteiger partial charge >= 0.3 is 0 Å². The van der Waals surface area contributed by atoms with Gasteiger partial charge in [-0.25, -0.2) is 0 Å². The summed E-state index contributed by atoms with van der Waals surface area (Å²) >= 11 is 0. The second-order valence-corrected chi connectivity index (χ2v) is 4.51. The van der Waals surface area contributed by atoms with E-state index in [1.165, 1.54) is 18.4 Å². The highest BCUT2D eigenvalue weighted by molar-refractivity contribution is 5.85. The molecule has 0 spiro atoms. The fourth-order valence-corrected chi connectivity index (χ4v) is 2.16. The minimum atomic E-state index is -1.02. The molecule has 0 heterocycles. The molecule has 3 N–H and O–H groups in total. The van der Waals surface area contributed by atoms with Crippen molar-refractivity contribution < 1.29 is 9.90 Å². The van der Waals surface area contributed by atoms with Gasteiger partial charge in [0.25, 0.3) is 0 Å². The van der Waals surface area contributed by atoms with Crippen molar-refractivity contribution in [3.8, 4) is 0 Å². The lowest BCUT2D eigenvalue weighted by Gasteiger charge is -2.18. The Morgan fingerprint density at radius 1 is 1.35 bits per heavy atom. The molecule has 2 atom stereocenters. The van der Waals surface area contributed by atoms with Crippen LogP contribution in [-0.2, 0) is 4.79 Å². The predicted octanol–water partition coefficient (Wildman–Crippen LogP) is 1.84. The van der Waals surface area contributed by atoms with Crippen LogP contribution in [0.5, 0.6) is 0 Å². The molecule has 17 heavy (non-hydrogen) atoms. The standard InChI is InChI=1S/C13H17NO2.ClH/c14-13(16)12(15)8-11(10-6-7-10)9-4-2-1-3-5-9;/h1-5,10-12,15H,6-8H2,(H2,14,16);1H. The lowest BCUT2D eigenvalue weighted by molar-refractivity contribution is -0.126. The van der Waals surface area contributed by atoms with E-state index in [1.54, 1.807) is 0 Å². The first-order valence-electron chi connectivity index (χ1n) is 5.71. The van der Waals surface area contributed by atoms with Crippen LogP contribution in [0.3, 0.4) is 0 Å². The monoisotopic (exact) mass is 255 g/mol. The number of benzene rings is 1. The van der Waals surface area contributed by atoms with Gasteiger partial charge < -0.3 is 10.8 Å². The van der Waals surface area contributed by atoms with Gasteiger partial charge in [0, 0.05) is 0 Å². The number of hydrogen-bond donors (Lipinski definition) is 2. The molecule has 2 unspecified atom stereocenters. The molecule has 4 heteroatoms. The maximum Gasteiger partial charge on any atom is 0.246 e. The molecular formula is C13H18ClNO2. The number of carbonyl (C=O) groups excluding carboxylic acids is 1. The molecule has 0 bridgehead atoms. The maximum atomic E-state index is 10.9. The van der Waals surface area contributed by atoms with Gasteiger partial charge in [0.1, 0.15) is 6.10 Å². The Hall–Kier alpha value is -1.06. The van der Waals surface area contributed by atoms with Crippen molar-refractivity contribution in [3.05, 3.63) is 35.9 Å². The van der Waals surface area contributed by atoms with Gasteiger partial charge in [0.15, 0.2) is 0 Å². The van der Waals surface area contributed by atoms with Crippen LogP contribution in [0.25, 0.3) is 0 Å². The van der Waals surface area contributed by atoms with E-state index in [4.69, 9.17) is 5.73 Å². The van der Waals surface area contributed by atoms with E-state index in [0.29, 0.717) is 12.3 Å². The van der Waals surface area contributed by atoms with E-state index >= 15 is 0 Å². The third kappa shape index (κ3) is 3.72. The molecule has 0 saturated heterocycles. The minimum absolute atomic E-state index is 0. The molecule has 3 nitrogen and oxygen atoms in total. The van der Waals surface area contributed by atoms with Crippen LogP contribution in [0.1, 0.15) is 30.7 Å². The summed E-state index contributed by atoms with van der Waals surface area (Å²) in [6, 6.07) is 10.0. The van der Waals surface area contributed by atoms with Crippen molar-refractivity contribution in [2.75, 3.05) is 0 Å². The molecule has 1 aliphatic carbocycles. The summed E-state index contributed by atoms with van der Waals surface area (Å²) in [7, 11) is 0. The molecule has 2 rings (SSSR count). The van der Waals surface area contributed by atoms with Gasteiger partial charge in [-0.15, -0.1) is 12.4 Å². The lowest BCUT2D eigenvalue weighted by atomic mass is 9.89. The summed E-state index contributed by atoms with van der Waals surface area (Å²) in [4.78, 5) is 10.9. The molecule has 1 fully saturated rings. The number of aliphatic hydroxyl groups excluding tert-OH is 1. The van der Waals surface area contributed by atoms with Gasteiger partial charge in [0.05, 0.1) is 0 Å². The second-order valence-electron chi connectivity index (χ2n) is 4.51. The molecule has 0 aliphatic heterocycles. The van der Waals surface area contributed by atoms with Crippen molar-refractivity contribution >= 4 is 18.3 Å². The molecule has 1 aromatic rings. The number of carbonyl (C=O) groups is 1. The van der Waals surface area contributed by atoms with Crippen molar-refractivity contribution in [1.82, 2.24) is 0 Å². The van der Waals surface area contributed by atoms with Crippen LogP contribution in [0.4, 0.5) is 0 Å². The zero-order chi connectivity index (χ0) is 11.5. The summed E-state index contributed by atoms with van der Waals surface area (Å²) in [5.41, 5.74) is 6.29. The minimum Gasteiger partial charge on any atom is -0.383 e. The van der Waals surface area contributed by atoms with E-state index in [0.717, 1.165) is 0 Å². The molecule has 1 saturated carbocycles. The number of hydrogen-bond acceptors (Lipinski definition) is 2. The van der Waals surface area contributed by atoms with E-state index < -0.39 is 12.0 Å². The number of nitrogens with two attached hydrogens (primary N) is 1. The Morgan fingerprint density at radius 3 is 2.41 bits per heavy atom. The largest absolute Gasteiger partial charge is 0.383 e. The summed E-state index contributed by atoms with van der Waals surface area (Å²) < 4.78 is 0. The van der Waals surface area contributed by atoms with Gasteiger partial charge in [-0.2, -0.15) is 0 Å². The second kappa shape index (κ2) is 6.03. The van der Waals surface area contributed by atoms with E-state index in [-0.39, 0.29) is 18.3 Å². The average Bonchev–Trinajstić information content (AvgIpc) is 3.10. The smallest absolute Gasteiger partial charge is 0.246 e. The summed E-state index contributed by atoms with van der Waals surface area (Å²) in [5.74, 6) is 0.252. The zero-order valence-corrected chi connectivity index (χ0v) is 10.4. The van der Waals surface area contributed by atoms with Gasteiger partial charge in [-0.1, -0.05) is 30.3 Å². The zero-order valence-electron chi connectivity index (χ0n) is 9.58. The van der Waals surface area contributed by atoms with Crippen molar-refractivity contribution in [2.45, 2.75) is 31.3 Å². The molecule has 1 amide bonds. The number of amides is 1. The number of rotatable bonds is 5. The number of aliphatic hydroxyl groups is 1. The molecular weight excluding hydrogens is 238 g/mol. The predicted molar refractivity (Wildman–Crippen MR) is 69.0 cm³/mol. The highest BCUT2D eigenvalue weighted by Gasteiger charge is 2.34. The fourth-order valence-electron chi connectivity index (χ4n) is 2.16. The first-order chi connectivity index (χ1) is 7.68. The van der Waals surface area contributed by atoms with Crippen LogP contribution in [0, 0.1) is 5.92 Å². The molecule has 1 aliphatic rings. The Labute approximate surface area is 107 Å². The highest BCUT2D eigenvalue weighted by Crippen LogP contribution is 2.44. The quantitative estimate of drug-likeness (QED) is 0.843. The van der Waals surface area contributed by atoms with Gasteiger partial charge in [-0.3, -0.25) is 4.79 Å². The van der Waals surface area contributed by atoms with Crippen LogP contribution in [-0.4, -0.2) is 17.1 Å². The number of halogens is 1. The van der Waals surface area contributed by atoms with E-state index in [2.05, 4.69) is 12.1 Å².